The van der Waals surface area contributed by atoms with Gasteiger partial charge in [0.05, 0.1) is 5.69 Å². The second-order valence-corrected chi connectivity index (χ2v) is 6.44. The van der Waals surface area contributed by atoms with Crippen molar-refractivity contribution in [3.63, 3.8) is 0 Å². The first-order valence-electron chi connectivity index (χ1n) is 7.39. The summed E-state index contributed by atoms with van der Waals surface area (Å²) in [5.74, 6) is 0.916. The number of halogens is 1. The lowest BCUT2D eigenvalue weighted by atomic mass is 10.1. The van der Waals surface area contributed by atoms with Crippen LogP contribution in [0, 0.1) is 5.82 Å². The number of hydrogen-bond donors (Lipinski definition) is 1. The zero-order valence-electron chi connectivity index (χ0n) is 12.7. The summed E-state index contributed by atoms with van der Waals surface area (Å²) in [4.78, 5) is 2.12. The maximum Gasteiger partial charge on any atom is 0.146 e. The molecule has 1 saturated carbocycles. The van der Waals surface area contributed by atoms with Crippen molar-refractivity contribution in [1.82, 2.24) is 5.32 Å². The number of benzene rings is 1. The highest BCUT2D eigenvalue weighted by Crippen LogP contribution is 2.28. The van der Waals surface area contributed by atoms with Gasteiger partial charge in [-0.05, 0) is 37.1 Å². The van der Waals surface area contributed by atoms with Gasteiger partial charge < -0.3 is 10.2 Å². The predicted octanol–water partition coefficient (Wildman–Crippen LogP) is 3.66. The molecule has 2 rings (SSSR count). The topological polar surface area (TPSA) is 15.3 Å². The van der Waals surface area contributed by atoms with Crippen LogP contribution in [0.15, 0.2) is 18.2 Å². The molecule has 4 heteroatoms. The molecule has 0 heterocycles. The molecule has 1 N–H and O–H groups in total. The molecular weight excluding hydrogens is 271 g/mol. The molecule has 0 bridgehead atoms. The molecule has 0 radical (unpaired) electrons. The Labute approximate surface area is 126 Å². The Morgan fingerprint density at radius 2 is 2.20 bits per heavy atom. The Morgan fingerprint density at radius 1 is 1.45 bits per heavy atom. The van der Waals surface area contributed by atoms with Gasteiger partial charge >= 0.3 is 0 Å². The van der Waals surface area contributed by atoms with Crippen molar-refractivity contribution < 1.29 is 4.39 Å². The van der Waals surface area contributed by atoms with Gasteiger partial charge in [0, 0.05) is 31.4 Å². The molecule has 1 aliphatic carbocycles. The first-order valence-corrected chi connectivity index (χ1v) is 8.79. The van der Waals surface area contributed by atoms with Crippen LogP contribution in [0.2, 0.25) is 0 Å². The lowest BCUT2D eigenvalue weighted by molar-refractivity contribution is 0.593. The lowest BCUT2D eigenvalue weighted by Crippen LogP contribution is -2.35. The van der Waals surface area contributed by atoms with E-state index in [2.05, 4.69) is 23.4 Å². The Morgan fingerprint density at radius 3 is 2.80 bits per heavy atom. The van der Waals surface area contributed by atoms with Crippen LogP contribution in [0.4, 0.5) is 10.1 Å². The van der Waals surface area contributed by atoms with E-state index in [9.17, 15) is 4.39 Å². The third kappa shape index (κ3) is 3.89. The molecule has 1 fully saturated rings. The van der Waals surface area contributed by atoms with Crippen molar-refractivity contribution in [2.24, 2.45) is 0 Å². The summed E-state index contributed by atoms with van der Waals surface area (Å²) in [5, 5.41) is 3.49. The van der Waals surface area contributed by atoms with Crippen molar-refractivity contribution in [1.29, 1.82) is 0 Å². The first-order chi connectivity index (χ1) is 9.67. The van der Waals surface area contributed by atoms with Gasteiger partial charge in [0.1, 0.15) is 5.82 Å². The minimum absolute atomic E-state index is 0.109. The van der Waals surface area contributed by atoms with E-state index in [0.29, 0.717) is 12.1 Å². The second kappa shape index (κ2) is 7.32. The average molecular weight is 296 g/mol. The normalized spacial score (nSPS) is 16.2. The second-order valence-electron chi connectivity index (χ2n) is 5.53. The molecule has 20 heavy (non-hydrogen) atoms. The van der Waals surface area contributed by atoms with Crippen LogP contribution in [-0.4, -0.2) is 31.1 Å². The van der Waals surface area contributed by atoms with E-state index in [-0.39, 0.29) is 5.82 Å². The zero-order chi connectivity index (χ0) is 14.5. The number of anilines is 1. The van der Waals surface area contributed by atoms with Gasteiger partial charge in [-0.3, -0.25) is 0 Å². The molecule has 0 saturated heterocycles. The fraction of sp³-hybridized carbons (Fsp3) is 0.625. The van der Waals surface area contributed by atoms with Crippen LogP contribution in [-0.2, 0) is 6.54 Å². The standard InChI is InChI=1S/C16H25FN2S/c1-4-14(11-20-3)19(2)16-12(6-5-7-15(16)17)10-18-13-8-9-13/h5-7,13-14,18H,4,8-11H2,1-3H3. The maximum absolute atomic E-state index is 14.3. The minimum atomic E-state index is -0.109. The Bertz CT molecular complexity index is 434. The summed E-state index contributed by atoms with van der Waals surface area (Å²) in [6.07, 6.45) is 5.64. The third-order valence-corrected chi connectivity index (χ3v) is 4.68. The third-order valence-electron chi connectivity index (χ3n) is 3.96. The number of nitrogens with zero attached hydrogens (tertiary/aromatic N) is 1. The van der Waals surface area contributed by atoms with Crippen LogP contribution >= 0.6 is 11.8 Å². The van der Waals surface area contributed by atoms with Crippen LogP contribution in [0.3, 0.4) is 0 Å². The van der Waals surface area contributed by atoms with Gasteiger partial charge in [0.15, 0.2) is 0 Å². The molecule has 1 aromatic rings. The molecule has 1 aromatic carbocycles. The van der Waals surface area contributed by atoms with E-state index < -0.39 is 0 Å². The van der Waals surface area contributed by atoms with Gasteiger partial charge in [0.2, 0.25) is 0 Å². The highest BCUT2D eigenvalue weighted by atomic mass is 32.2. The molecule has 0 spiro atoms. The van der Waals surface area contributed by atoms with Crippen molar-refractivity contribution >= 4 is 17.4 Å². The van der Waals surface area contributed by atoms with Crippen molar-refractivity contribution in [2.75, 3.05) is 24.0 Å². The highest BCUT2D eigenvalue weighted by molar-refractivity contribution is 7.98. The Kier molecular flexibility index (Phi) is 5.73. The molecular formula is C16H25FN2S. The number of para-hydroxylation sites is 1. The summed E-state index contributed by atoms with van der Waals surface area (Å²) >= 11 is 1.82. The van der Waals surface area contributed by atoms with E-state index in [4.69, 9.17) is 0 Å². The lowest BCUT2D eigenvalue weighted by Gasteiger charge is -2.31. The number of nitrogens with one attached hydrogen (secondary N) is 1. The molecule has 0 amide bonds. The van der Waals surface area contributed by atoms with Crippen molar-refractivity contribution in [2.45, 2.75) is 44.8 Å². The van der Waals surface area contributed by atoms with Crippen LogP contribution < -0.4 is 10.2 Å². The van der Waals surface area contributed by atoms with E-state index in [1.807, 2.05) is 30.9 Å². The molecule has 2 nitrogen and oxygen atoms in total. The average Bonchev–Trinajstić information content (AvgIpc) is 3.26. The summed E-state index contributed by atoms with van der Waals surface area (Å²) in [6.45, 7) is 2.93. The largest absolute Gasteiger partial charge is 0.368 e. The van der Waals surface area contributed by atoms with E-state index in [0.717, 1.165) is 30.0 Å². The van der Waals surface area contributed by atoms with Gasteiger partial charge in [-0.2, -0.15) is 11.8 Å². The fourth-order valence-electron chi connectivity index (χ4n) is 2.52. The Balaban J connectivity index is 2.17. The number of rotatable bonds is 8. The van der Waals surface area contributed by atoms with Gasteiger partial charge in [0.25, 0.3) is 0 Å². The molecule has 0 aromatic heterocycles. The van der Waals surface area contributed by atoms with E-state index >= 15 is 0 Å². The van der Waals surface area contributed by atoms with Crippen LogP contribution in [0.25, 0.3) is 0 Å². The summed E-state index contributed by atoms with van der Waals surface area (Å²) in [7, 11) is 2.02. The Hall–Kier alpha value is -0.740. The van der Waals surface area contributed by atoms with Gasteiger partial charge in [-0.15, -0.1) is 0 Å². The van der Waals surface area contributed by atoms with Crippen molar-refractivity contribution in [3.05, 3.63) is 29.6 Å². The van der Waals surface area contributed by atoms with E-state index in [1.54, 1.807) is 6.07 Å². The van der Waals surface area contributed by atoms with Crippen molar-refractivity contribution in [3.8, 4) is 0 Å². The zero-order valence-corrected chi connectivity index (χ0v) is 13.5. The smallest absolute Gasteiger partial charge is 0.146 e. The fourth-order valence-corrected chi connectivity index (χ4v) is 3.36. The molecule has 1 aliphatic rings. The van der Waals surface area contributed by atoms with Crippen LogP contribution in [0.5, 0.6) is 0 Å². The SMILES string of the molecule is CCC(CSC)N(C)c1c(F)cccc1CNC1CC1. The van der Waals surface area contributed by atoms with E-state index in [1.165, 1.54) is 12.8 Å². The first kappa shape index (κ1) is 15.6. The van der Waals surface area contributed by atoms with Gasteiger partial charge in [-0.25, -0.2) is 4.39 Å². The molecule has 0 aliphatic heterocycles. The molecule has 1 unspecified atom stereocenters. The number of thioether (sulfide) groups is 1. The predicted molar refractivity (Wildman–Crippen MR) is 87.1 cm³/mol. The molecule has 1 atom stereocenters. The maximum atomic E-state index is 14.3. The highest BCUT2D eigenvalue weighted by Gasteiger charge is 2.23. The summed E-state index contributed by atoms with van der Waals surface area (Å²) < 4.78 is 14.3. The molecule has 112 valence electrons. The number of hydrogen-bond acceptors (Lipinski definition) is 3. The monoisotopic (exact) mass is 296 g/mol. The summed E-state index contributed by atoms with van der Waals surface area (Å²) in [6, 6.07) is 6.44. The van der Waals surface area contributed by atoms with Gasteiger partial charge in [-0.1, -0.05) is 19.1 Å². The summed E-state index contributed by atoms with van der Waals surface area (Å²) in [5.41, 5.74) is 1.83. The quantitative estimate of drug-likeness (QED) is 0.788. The van der Waals surface area contributed by atoms with Crippen LogP contribution in [0.1, 0.15) is 31.7 Å². The minimum Gasteiger partial charge on any atom is -0.368 e.